The number of hydrogen-bond donors (Lipinski definition) is 1. The van der Waals surface area contributed by atoms with Gasteiger partial charge in [0, 0.05) is 24.7 Å². The van der Waals surface area contributed by atoms with Crippen molar-refractivity contribution in [2.75, 3.05) is 18.4 Å². The number of ether oxygens (including phenoxy) is 1. The summed E-state index contributed by atoms with van der Waals surface area (Å²) in [5.41, 5.74) is 0. The van der Waals surface area contributed by atoms with Gasteiger partial charge in [-0.15, -0.1) is 0 Å². The van der Waals surface area contributed by atoms with E-state index in [4.69, 9.17) is 4.74 Å². The molecule has 1 aromatic heterocycles. The van der Waals surface area contributed by atoms with E-state index in [1.165, 1.54) is 38.8 Å². The standard InChI is InChI=1S/C15H24N4O/c1-11(2)20-15-9-14(16-10-17-15)18-12-5-7-19-6-3-4-13(19)8-12/h9-13H,3-8H2,1-2H3,(H,16,17,18). The van der Waals surface area contributed by atoms with Crippen LogP contribution in [0, 0.1) is 0 Å². The summed E-state index contributed by atoms with van der Waals surface area (Å²) >= 11 is 0. The first-order valence-corrected chi connectivity index (χ1v) is 7.70. The Hall–Kier alpha value is -1.36. The molecular formula is C15H24N4O. The van der Waals surface area contributed by atoms with E-state index in [-0.39, 0.29) is 6.10 Å². The first-order chi connectivity index (χ1) is 9.70. The summed E-state index contributed by atoms with van der Waals surface area (Å²) in [6.45, 7) is 6.51. The summed E-state index contributed by atoms with van der Waals surface area (Å²) in [5, 5.41) is 3.55. The van der Waals surface area contributed by atoms with Crippen molar-refractivity contribution in [1.29, 1.82) is 0 Å². The summed E-state index contributed by atoms with van der Waals surface area (Å²) < 4.78 is 5.61. The summed E-state index contributed by atoms with van der Waals surface area (Å²) in [4.78, 5) is 11.1. The van der Waals surface area contributed by atoms with Crippen LogP contribution in [0.15, 0.2) is 12.4 Å². The topological polar surface area (TPSA) is 50.3 Å². The Kier molecular flexibility index (Phi) is 4.05. The number of nitrogens with one attached hydrogen (secondary N) is 1. The van der Waals surface area contributed by atoms with Crippen LogP contribution in [0.25, 0.3) is 0 Å². The maximum Gasteiger partial charge on any atom is 0.218 e. The third-order valence-corrected chi connectivity index (χ3v) is 4.17. The van der Waals surface area contributed by atoms with Gasteiger partial charge in [-0.25, -0.2) is 9.97 Å². The highest BCUT2D eigenvalue weighted by Gasteiger charge is 2.31. The largest absolute Gasteiger partial charge is 0.475 e. The number of aromatic nitrogens is 2. The molecule has 0 amide bonds. The summed E-state index contributed by atoms with van der Waals surface area (Å²) in [7, 11) is 0. The smallest absolute Gasteiger partial charge is 0.218 e. The van der Waals surface area contributed by atoms with Crippen molar-refractivity contribution in [2.45, 2.75) is 57.7 Å². The van der Waals surface area contributed by atoms with E-state index in [1.807, 2.05) is 19.9 Å². The SMILES string of the molecule is CC(C)Oc1cc(NC2CCN3CCCC3C2)ncn1. The molecule has 2 fully saturated rings. The minimum absolute atomic E-state index is 0.138. The van der Waals surface area contributed by atoms with E-state index >= 15 is 0 Å². The number of piperidine rings is 1. The second kappa shape index (κ2) is 5.95. The third-order valence-electron chi connectivity index (χ3n) is 4.17. The van der Waals surface area contributed by atoms with Crippen LogP contribution in [0.3, 0.4) is 0 Å². The van der Waals surface area contributed by atoms with Crippen molar-refractivity contribution in [3.05, 3.63) is 12.4 Å². The van der Waals surface area contributed by atoms with Crippen LogP contribution in [-0.4, -0.2) is 46.1 Å². The van der Waals surface area contributed by atoms with Crippen LogP contribution >= 0.6 is 0 Å². The predicted octanol–water partition coefficient (Wildman–Crippen LogP) is 2.30. The molecule has 0 aromatic carbocycles. The molecule has 0 aliphatic carbocycles. The van der Waals surface area contributed by atoms with E-state index in [0.717, 1.165) is 11.9 Å². The van der Waals surface area contributed by atoms with E-state index in [2.05, 4.69) is 20.2 Å². The van der Waals surface area contributed by atoms with Gasteiger partial charge in [0.2, 0.25) is 5.88 Å². The molecule has 5 nitrogen and oxygen atoms in total. The van der Waals surface area contributed by atoms with Gasteiger partial charge in [-0.2, -0.15) is 0 Å². The molecule has 0 bridgehead atoms. The third kappa shape index (κ3) is 3.20. The minimum Gasteiger partial charge on any atom is -0.475 e. The van der Waals surface area contributed by atoms with Crippen LogP contribution in [0.4, 0.5) is 5.82 Å². The van der Waals surface area contributed by atoms with Gasteiger partial charge in [0.05, 0.1) is 6.10 Å². The Balaban J connectivity index is 1.60. The minimum atomic E-state index is 0.138. The molecule has 110 valence electrons. The average molecular weight is 276 g/mol. The number of rotatable bonds is 4. The predicted molar refractivity (Wildman–Crippen MR) is 79.0 cm³/mol. The molecule has 3 heterocycles. The highest BCUT2D eigenvalue weighted by Crippen LogP contribution is 2.28. The Labute approximate surface area is 120 Å². The fraction of sp³-hybridized carbons (Fsp3) is 0.733. The fourth-order valence-electron chi connectivity index (χ4n) is 3.29. The molecule has 1 aromatic rings. The van der Waals surface area contributed by atoms with Gasteiger partial charge in [0.1, 0.15) is 12.1 Å². The molecule has 3 rings (SSSR count). The van der Waals surface area contributed by atoms with E-state index in [0.29, 0.717) is 11.9 Å². The fourth-order valence-corrected chi connectivity index (χ4v) is 3.29. The van der Waals surface area contributed by atoms with E-state index in [9.17, 15) is 0 Å². The molecule has 2 unspecified atom stereocenters. The van der Waals surface area contributed by atoms with Crippen molar-refractivity contribution in [3.8, 4) is 5.88 Å². The zero-order valence-corrected chi connectivity index (χ0v) is 12.4. The Bertz CT molecular complexity index is 451. The molecule has 1 N–H and O–H groups in total. The highest BCUT2D eigenvalue weighted by atomic mass is 16.5. The maximum absolute atomic E-state index is 5.61. The first-order valence-electron chi connectivity index (χ1n) is 7.70. The zero-order valence-electron chi connectivity index (χ0n) is 12.4. The number of hydrogen-bond acceptors (Lipinski definition) is 5. The molecule has 0 saturated carbocycles. The molecule has 2 aliphatic rings. The highest BCUT2D eigenvalue weighted by molar-refractivity contribution is 5.38. The zero-order chi connectivity index (χ0) is 13.9. The van der Waals surface area contributed by atoms with Gasteiger partial charge < -0.3 is 15.0 Å². The van der Waals surface area contributed by atoms with Crippen molar-refractivity contribution in [1.82, 2.24) is 14.9 Å². The summed E-state index contributed by atoms with van der Waals surface area (Å²) in [5.74, 6) is 1.53. The molecule has 2 saturated heterocycles. The molecule has 2 atom stereocenters. The van der Waals surface area contributed by atoms with Crippen LogP contribution in [0.1, 0.15) is 39.5 Å². The molecule has 0 radical (unpaired) electrons. The van der Waals surface area contributed by atoms with Gasteiger partial charge in [-0.1, -0.05) is 0 Å². The molecule has 0 spiro atoms. The van der Waals surface area contributed by atoms with Crippen molar-refractivity contribution >= 4 is 5.82 Å². The first kappa shape index (κ1) is 13.6. The number of fused-ring (bicyclic) bond motifs is 1. The van der Waals surface area contributed by atoms with Crippen molar-refractivity contribution in [2.24, 2.45) is 0 Å². The second-order valence-corrected chi connectivity index (χ2v) is 6.11. The van der Waals surface area contributed by atoms with Gasteiger partial charge in [-0.3, -0.25) is 0 Å². The van der Waals surface area contributed by atoms with Gasteiger partial charge in [0.15, 0.2) is 0 Å². The normalized spacial score (nSPS) is 26.6. The lowest BCUT2D eigenvalue weighted by Gasteiger charge is -2.35. The molecular weight excluding hydrogens is 252 g/mol. The second-order valence-electron chi connectivity index (χ2n) is 6.11. The lowest BCUT2D eigenvalue weighted by molar-refractivity contribution is 0.188. The summed E-state index contributed by atoms with van der Waals surface area (Å²) in [6.07, 6.45) is 6.84. The molecule has 20 heavy (non-hydrogen) atoms. The molecule has 5 heteroatoms. The summed E-state index contributed by atoms with van der Waals surface area (Å²) in [6, 6.07) is 3.20. The lowest BCUT2D eigenvalue weighted by atomic mass is 9.97. The van der Waals surface area contributed by atoms with Crippen LogP contribution < -0.4 is 10.1 Å². The Morgan fingerprint density at radius 2 is 2.20 bits per heavy atom. The monoisotopic (exact) mass is 276 g/mol. The Morgan fingerprint density at radius 3 is 3.05 bits per heavy atom. The van der Waals surface area contributed by atoms with Gasteiger partial charge in [0.25, 0.3) is 0 Å². The maximum atomic E-state index is 5.61. The molecule has 2 aliphatic heterocycles. The van der Waals surface area contributed by atoms with Crippen molar-refractivity contribution in [3.63, 3.8) is 0 Å². The van der Waals surface area contributed by atoms with Crippen LogP contribution in [0.2, 0.25) is 0 Å². The van der Waals surface area contributed by atoms with E-state index in [1.54, 1.807) is 6.33 Å². The van der Waals surface area contributed by atoms with Crippen LogP contribution in [0.5, 0.6) is 5.88 Å². The lowest BCUT2D eigenvalue weighted by Crippen LogP contribution is -2.42. The number of anilines is 1. The number of nitrogens with zero attached hydrogens (tertiary/aromatic N) is 3. The average Bonchev–Trinajstić information content (AvgIpc) is 2.85. The quantitative estimate of drug-likeness (QED) is 0.914. The van der Waals surface area contributed by atoms with Crippen molar-refractivity contribution < 1.29 is 4.74 Å². The van der Waals surface area contributed by atoms with Crippen LogP contribution in [-0.2, 0) is 0 Å². The van der Waals surface area contributed by atoms with Gasteiger partial charge >= 0.3 is 0 Å². The van der Waals surface area contributed by atoms with Gasteiger partial charge in [-0.05, 0) is 46.1 Å². The Morgan fingerprint density at radius 1 is 1.30 bits per heavy atom. The van der Waals surface area contributed by atoms with E-state index < -0.39 is 0 Å².